The van der Waals surface area contributed by atoms with Gasteiger partial charge in [0.2, 0.25) is 0 Å². The summed E-state index contributed by atoms with van der Waals surface area (Å²) in [4.78, 5) is 7.48. The first-order valence-corrected chi connectivity index (χ1v) is 9.57. The minimum absolute atomic E-state index is 0.0115. The number of thioether (sulfide) groups is 1. The van der Waals surface area contributed by atoms with E-state index < -0.39 is 0 Å². The molecular weight excluding hydrogens is 348 g/mol. The summed E-state index contributed by atoms with van der Waals surface area (Å²) < 4.78 is 2.12. The molecule has 8 heteroatoms. The standard InChI is InChI=1S/C18H18N6OS/c19-10-12(17-20-13-6-3-4-7-14(13)21-17)15(25)11-26-18-23-22-16-8-2-1-5-9-24(16)18/h3-4,6-7,25H,1-2,5,8-9,11H2,(H,20,21)/b15-12-. The fraction of sp³-hybridized carbons (Fsp3) is 0.333. The second-order valence-electron chi connectivity index (χ2n) is 6.19. The van der Waals surface area contributed by atoms with Gasteiger partial charge < -0.3 is 14.7 Å². The molecule has 3 aromatic rings. The van der Waals surface area contributed by atoms with Crippen molar-refractivity contribution in [1.29, 1.82) is 5.26 Å². The monoisotopic (exact) mass is 366 g/mol. The Morgan fingerprint density at radius 2 is 2.15 bits per heavy atom. The lowest BCUT2D eigenvalue weighted by atomic mass is 10.2. The number of para-hydroxylation sites is 2. The molecule has 1 aliphatic rings. The molecule has 1 aromatic carbocycles. The number of benzene rings is 1. The molecule has 1 aliphatic heterocycles. The van der Waals surface area contributed by atoms with E-state index in [2.05, 4.69) is 30.8 Å². The Bertz CT molecular complexity index is 979. The molecule has 0 unspecified atom stereocenters. The van der Waals surface area contributed by atoms with E-state index in [0.717, 1.165) is 47.8 Å². The van der Waals surface area contributed by atoms with Crippen LogP contribution in [-0.2, 0) is 13.0 Å². The molecule has 0 saturated heterocycles. The van der Waals surface area contributed by atoms with Gasteiger partial charge in [-0.05, 0) is 25.0 Å². The molecule has 0 fully saturated rings. The highest BCUT2D eigenvalue weighted by Gasteiger charge is 2.17. The molecule has 132 valence electrons. The quantitative estimate of drug-likeness (QED) is 0.416. The van der Waals surface area contributed by atoms with E-state index in [1.807, 2.05) is 24.3 Å². The van der Waals surface area contributed by atoms with Crippen molar-refractivity contribution in [1.82, 2.24) is 24.7 Å². The Morgan fingerprint density at radius 1 is 1.27 bits per heavy atom. The Labute approximate surface area is 154 Å². The third kappa shape index (κ3) is 3.18. The maximum atomic E-state index is 10.5. The van der Waals surface area contributed by atoms with Crippen molar-refractivity contribution >= 4 is 28.4 Å². The molecule has 0 radical (unpaired) electrons. The lowest BCUT2D eigenvalue weighted by Gasteiger charge is -2.06. The SMILES string of the molecule is N#C/C(=C(/O)CSc1nnc2n1CCCCC2)c1nc2ccccc2[nH]1. The van der Waals surface area contributed by atoms with Gasteiger partial charge in [0.05, 0.1) is 16.8 Å². The summed E-state index contributed by atoms with van der Waals surface area (Å²) in [7, 11) is 0. The molecule has 4 rings (SSSR count). The number of nitriles is 1. The molecular formula is C18H18N6OS. The zero-order valence-corrected chi connectivity index (χ0v) is 15.0. The summed E-state index contributed by atoms with van der Waals surface area (Å²) in [5.74, 6) is 1.62. The molecule has 0 saturated carbocycles. The first-order chi connectivity index (χ1) is 12.8. The van der Waals surface area contributed by atoms with Crippen LogP contribution >= 0.6 is 11.8 Å². The average Bonchev–Trinajstić information content (AvgIpc) is 3.17. The van der Waals surface area contributed by atoms with E-state index in [-0.39, 0.29) is 17.1 Å². The number of aromatic amines is 1. The van der Waals surface area contributed by atoms with Gasteiger partial charge >= 0.3 is 0 Å². The summed E-state index contributed by atoms with van der Waals surface area (Å²) in [6.45, 7) is 0.907. The van der Waals surface area contributed by atoms with Gasteiger partial charge in [0.1, 0.15) is 23.2 Å². The average molecular weight is 366 g/mol. The van der Waals surface area contributed by atoms with Crippen LogP contribution in [0.2, 0.25) is 0 Å². The van der Waals surface area contributed by atoms with Crippen LogP contribution in [0.3, 0.4) is 0 Å². The number of hydrogen-bond donors (Lipinski definition) is 2. The highest BCUT2D eigenvalue weighted by atomic mass is 32.2. The predicted molar refractivity (Wildman–Crippen MR) is 99.6 cm³/mol. The smallest absolute Gasteiger partial charge is 0.191 e. The van der Waals surface area contributed by atoms with Gasteiger partial charge in [-0.25, -0.2) is 4.98 Å². The van der Waals surface area contributed by atoms with E-state index in [0.29, 0.717) is 5.82 Å². The summed E-state index contributed by atoms with van der Waals surface area (Å²) in [6.07, 6.45) is 4.39. The Balaban J connectivity index is 1.56. The first kappa shape index (κ1) is 16.7. The maximum absolute atomic E-state index is 10.5. The van der Waals surface area contributed by atoms with Gasteiger partial charge in [0.15, 0.2) is 11.0 Å². The fourth-order valence-corrected chi connectivity index (χ4v) is 3.96. The van der Waals surface area contributed by atoms with Crippen molar-refractivity contribution in [2.24, 2.45) is 0 Å². The molecule has 0 aliphatic carbocycles. The van der Waals surface area contributed by atoms with Gasteiger partial charge in [-0.1, -0.05) is 30.3 Å². The van der Waals surface area contributed by atoms with Crippen LogP contribution in [0.5, 0.6) is 0 Å². The zero-order valence-electron chi connectivity index (χ0n) is 14.1. The number of rotatable bonds is 4. The highest BCUT2D eigenvalue weighted by molar-refractivity contribution is 7.99. The number of fused-ring (bicyclic) bond motifs is 2. The normalized spacial score (nSPS) is 15.2. The lowest BCUT2D eigenvalue weighted by Crippen LogP contribution is -2.03. The number of H-pyrrole nitrogens is 1. The minimum atomic E-state index is -0.0115. The van der Waals surface area contributed by atoms with E-state index in [1.54, 1.807) is 0 Å². The molecule has 0 bridgehead atoms. The number of nitrogens with zero attached hydrogens (tertiary/aromatic N) is 5. The molecule has 0 atom stereocenters. The van der Waals surface area contributed by atoms with Crippen LogP contribution in [0.4, 0.5) is 0 Å². The number of allylic oxidation sites excluding steroid dienone is 1. The molecule has 0 spiro atoms. The number of aliphatic hydroxyl groups excluding tert-OH is 1. The van der Waals surface area contributed by atoms with Gasteiger partial charge in [-0.2, -0.15) is 5.26 Å². The van der Waals surface area contributed by atoms with Crippen molar-refractivity contribution in [2.45, 2.75) is 37.4 Å². The number of aromatic nitrogens is 5. The van der Waals surface area contributed by atoms with Gasteiger partial charge in [0.25, 0.3) is 0 Å². The first-order valence-electron chi connectivity index (χ1n) is 8.58. The van der Waals surface area contributed by atoms with E-state index >= 15 is 0 Å². The van der Waals surface area contributed by atoms with E-state index in [4.69, 9.17) is 0 Å². The largest absolute Gasteiger partial charge is 0.510 e. The van der Waals surface area contributed by atoms with Crippen LogP contribution < -0.4 is 0 Å². The second-order valence-corrected chi connectivity index (χ2v) is 7.13. The Morgan fingerprint density at radius 3 is 3.00 bits per heavy atom. The molecule has 7 nitrogen and oxygen atoms in total. The predicted octanol–water partition coefficient (Wildman–Crippen LogP) is 3.47. The van der Waals surface area contributed by atoms with Gasteiger partial charge in [0, 0.05) is 13.0 Å². The van der Waals surface area contributed by atoms with Crippen molar-refractivity contribution < 1.29 is 5.11 Å². The van der Waals surface area contributed by atoms with E-state index in [1.165, 1.54) is 18.2 Å². The molecule has 0 amide bonds. The number of imidazole rings is 1. The minimum Gasteiger partial charge on any atom is -0.510 e. The fourth-order valence-electron chi connectivity index (χ4n) is 3.10. The second kappa shape index (κ2) is 7.22. The third-order valence-corrected chi connectivity index (χ3v) is 5.42. The highest BCUT2D eigenvalue weighted by Crippen LogP contribution is 2.26. The molecule has 2 aromatic heterocycles. The van der Waals surface area contributed by atoms with Crippen LogP contribution in [0.1, 0.15) is 30.9 Å². The number of hydrogen-bond acceptors (Lipinski definition) is 6. The summed E-state index contributed by atoms with van der Waals surface area (Å²) in [6, 6.07) is 9.59. The van der Waals surface area contributed by atoms with Crippen LogP contribution in [-0.4, -0.2) is 35.6 Å². The summed E-state index contributed by atoms with van der Waals surface area (Å²) in [5, 5.41) is 29.2. The lowest BCUT2D eigenvalue weighted by molar-refractivity contribution is 0.420. The number of nitrogens with one attached hydrogen (secondary N) is 1. The van der Waals surface area contributed by atoms with Crippen LogP contribution in [0.25, 0.3) is 16.6 Å². The molecule has 2 N–H and O–H groups in total. The van der Waals surface area contributed by atoms with Crippen molar-refractivity contribution in [3.05, 3.63) is 41.7 Å². The topological polar surface area (TPSA) is 103 Å². The van der Waals surface area contributed by atoms with E-state index in [9.17, 15) is 10.4 Å². The van der Waals surface area contributed by atoms with Crippen LogP contribution in [0, 0.1) is 11.3 Å². The summed E-state index contributed by atoms with van der Waals surface area (Å²) >= 11 is 1.39. The maximum Gasteiger partial charge on any atom is 0.191 e. The molecule has 3 heterocycles. The number of aliphatic hydroxyl groups is 1. The van der Waals surface area contributed by atoms with Crippen molar-refractivity contribution in [3.8, 4) is 6.07 Å². The number of aryl methyl sites for hydroxylation is 1. The van der Waals surface area contributed by atoms with Crippen molar-refractivity contribution in [3.63, 3.8) is 0 Å². The molecule has 26 heavy (non-hydrogen) atoms. The zero-order chi connectivity index (χ0) is 17.9. The summed E-state index contributed by atoms with van der Waals surface area (Å²) in [5.41, 5.74) is 1.75. The van der Waals surface area contributed by atoms with Crippen molar-refractivity contribution in [2.75, 3.05) is 5.75 Å². The van der Waals surface area contributed by atoms with Crippen LogP contribution in [0.15, 0.2) is 35.2 Å². The Hall–Kier alpha value is -2.79. The Kier molecular flexibility index (Phi) is 4.63. The van der Waals surface area contributed by atoms with Gasteiger partial charge in [-0.15, -0.1) is 10.2 Å². The van der Waals surface area contributed by atoms with Gasteiger partial charge in [-0.3, -0.25) is 0 Å². The third-order valence-electron chi connectivity index (χ3n) is 4.44.